The Hall–Kier alpha value is -1.52. The van der Waals surface area contributed by atoms with Gasteiger partial charge in [-0.15, -0.1) is 0 Å². The van der Waals surface area contributed by atoms with E-state index in [1.165, 1.54) is 64.2 Å². The van der Waals surface area contributed by atoms with Gasteiger partial charge in [0.1, 0.15) is 12.7 Å². The van der Waals surface area contributed by atoms with Gasteiger partial charge in [0.15, 0.2) is 6.10 Å². The number of aliphatic hydroxyl groups excluding tert-OH is 4. The molecule has 0 radical (unpaired) electrons. The highest BCUT2D eigenvalue weighted by Gasteiger charge is 2.39. The average Bonchev–Trinajstić information content (AvgIpc) is 3.48. The number of carbonyl (C=O) groups is 2. The highest BCUT2D eigenvalue weighted by atomic mass is 31.2. The highest BCUT2D eigenvalue weighted by Crippen LogP contribution is 2.44. The Morgan fingerprint density at radius 1 is 0.677 bits per heavy atom. The fourth-order valence-corrected chi connectivity index (χ4v) is 8.43. The van der Waals surface area contributed by atoms with Gasteiger partial charge in [-0.1, -0.05) is 154 Å². The minimum absolute atomic E-state index is 0.0689. The van der Waals surface area contributed by atoms with E-state index in [0.29, 0.717) is 19.3 Å². The number of rotatable bonds is 39. The monoisotopic (exact) mass is 929 g/mol. The first-order valence-corrected chi connectivity index (χ1v) is 26.2. The van der Waals surface area contributed by atoms with Gasteiger partial charge in [-0.05, 0) is 31.1 Å². The van der Waals surface area contributed by atoms with Gasteiger partial charge >= 0.3 is 27.6 Å². The van der Waals surface area contributed by atoms with Crippen molar-refractivity contribution in [3.8, 4) is 0 Å². The predicted octanol–water partition coefficient (Wildman–Crippen LogP) is 8.13. The largest absolute Gasteiger partial charge is 0.472 e. The molecule has 18 heteroatoms. The standard InChI is InChI=1S/C44H82O16P2/c1-4-5-18-24-36(45)28-29-40-39(41(47)30-42(40)48)25-21-22-26-43(49)56-33-38(34-59-62(54,55)58-32-37(46)31-57-61(51,52)53)60-44(50)27-20-17-15-13-11-9-7-6-8-10-12-14-16-19-23-35(2)3/h21-22,28-29,35-42,45-48H,4-20,23-27,30-34H2,1-3H3,(H,54,55)(H2,51,52,53)/b22-21-,29-28+/t36-,37+,38-,39+,40-,41+,42-/m1/s1. The van der Waals surface area contributed by atoms with Gasteiger partial charge in [-0.25, -0.2) is 9.13 Å². The lowest BCUT2D eigenvalue weighted by Crippen LogP contribution is -2.29. The summed E-state index contributed by atoms with van der Waals surface area (Å²) in [5.41, 5.74) is 0. The number of aliphatic hydroxyl groups is 4. The fraction of sp³-hybridized carbons (Fsp3) is 0.864. The van der Waals surface area contributed by atoms with Gasteiger partial charge < -0.3 is 44.6 Å². The van der Waals surface area contributed by atoms with Crippen molar-refractivity contribution in [3.63, 3.8) is 0 Å². The minimum atomic E-state index is -4.90. The van der Waals surface area contributed by atoms with Crippen molar-refractivity contribution < 1.29 is 76.9 Å². The second-order valence-electron chi connectivity index (χ2n) is 17.1. The molecule has 0 aromatic heterocycles. The van der Waals surface area contributed by atoms with Crippen LogP contribution in [0.1, 0.15) is 168 Å². The van der Waals surface area contributed by atoms with E-state index >= 15 is 0 Å². The van der Waals surface area contributed by atoms with Crippen molar-refractivity contribution in [2.24, 2.45) is 17.8 Å². The molecule has 0 saturated heterocycles. The molecule has 1 aliphatic carbocycles. The summed E-state index contributed by atoms with van der Waals surface area (Å²) in [4.78, 5) is 53.0. The normalized spacial score (nSPS) is 20.8. The number of carbonyl (C=O) groups excluding carboxylic acids is 2. The van der Waals surface area contributed by atoms with E-state index in [0.717, 1.165) is 50.9 Å². The molecular weight excluding hydrogens is 846 g/mol. The Morgan fingerprint density at radius 3 is 1.81 bits per heavy atom. The molecule has 0 bridgehead atoms. The predicted molar refractivity (Wildman–Crippen MR) is 237 cm³/mol. The van der Waals surface area contributed by atoms with Gasteiger partial charge in [0, 0.05) is 18.8 Å². The van der Waals surface area contributed by atoms with Crippen LogP contribution in [0.25, 0.3) is 0 Å². The molecule has 364 valence electrons. The second kappa shape index (κ2) is 34.8. The Kier molecular flexibility index (Phi) is 32.8. The van der Waals surface area contributed by atoms with E-state index < -0.39 is 84.5 Å². The van der Waals surface area contributed by atoms with Crippen LogP contribution in [0.4, 0.5) is 0 Å². The summed E-state index contributed by atoms with van der Waals surface area (Å²) in [6.07, 6.45) is 23.0. The van der Waals surface area contributed by atoms with Crippen LogP contribution >= 0.6 is 15.6 Å². The quantitative estimate of drug-likeness (QED) is 0.0133. The smallest absolute Gasteiger partial charge is 0.461 e. The second-order valence-corrected chi connectivity index (χ2v) is 19.8. The SMILES string of the molecule is CCCCC[C@@H](O)/C=C/[C@@H]1[C@H](C/C=C\CC(=O)OC[C@H](COP(=O)(O)OC[C@@H](O)COP(=O)(O)O)OC(=O)CCCCCCCCCCCCCCCCC(C)C)[C@@H](O)C[C@H]1O. The third-order valence-corrected chi connectivity index (χ3v) is 12.3. The molecule has 7 N–H and O–H groups in total. The Bertz CT molecular complexity index is 1320. The molecular formula is C44H82O16P2. The highest BCUT2D eigenvalue weighted by molar-refractivity contribution is 7.47. The van der Waals surface area contributed by atoms with Gasteiger partial charge in [-0.2, -0.15) is 0 Å². The van der Waals surface area contributed by atoms with E-state index in [9.17, 15) is 44.0 Å². The average molecular weight is 929 g/mol. The van der Waals surface area contributed by atoms with Crippen LogP contribution in [0.3, 0.4) is 0 Å². The first-order valence-electron chi connectivity index (χ1n) is 23.1. The molecule has 16 nitrogen and oxygen atoms in total. The maximum Gasteiger partial charge on any atom is 0.472 e. The lowest BCUT2D eigenvalue weighted by atomic mass is 9.89. The van der Waals surface area contributed by atoms with Crippen molar-refractivity contribution >= 4 is 27.6 Å². The van der Waals surface area contributed by atoms with Crippen molar-refractivity contribution in [1.82, 2.24) is 0 Å². The number of phosphoric ester groups is 2. The maximum atomic E-state index is 12.7. The van der Waals surface area contributed by atoms with Gasteiger partial charge in [-0.3, -0.25) is 23.2 Å². The number of hydrogen-bond donors (Lipinski definition) is 7. The summed E-state index contributed by atoms with van der Waals surface area (Å²) in [6, 6.07) is 0. The summed E-state index contributed by atoms with van der Waals surface area (Å²) < 4.78 is 47.8. The molecule has 0 aromatic carbocycles. The molecule has 0 amide bonds. The molecule has 0 heterocycles. The molecule has 0 aromatic rings. The number of esters is 2. The number of ether oxygens (including phenoxy) is 2. The zero-order chi connectivity index (χ0) is 46.2. The van der Waals surface area contributed by atoms with Crippen molar-refractivity contribution in [1.29, 1.82) is 0 Å². The van der Waals surface area contributed by atoms with Crippen LogP contribution in [-0.4, -0.2) is 104 Å². The molecule has 1 fully saturated rings. The van der Waals surface area contributed by atoms with Crippen LogP contribution in [0.15, 0.2) is 24.3 Å². The summed E-state index contributed by atoms with van der Waals surface area (Å²) in [5, 5.41) is 41.1. The lowest BCUT2D eigenvalue weighted by molar-refractivity contribution is -0.160. The molecule has 62 heavy (non-hydrogen) atoms. The van der Waals surface area contributed by atoms with Gasteiger partial charge in [0.05, 0.1) is 44.6 Å². The summed E-state index contributed by atoms with van der Waals surface area (Å²) in [6.45, 7) is 3.62. The first kappa shape index (κ1) is 58.5. The van der Waals surface area contributed by atoms with Crippen LogP contribution in [0.5, 0.6) is 0 Å². The third kappa shape index (κ3) is 32.2. The molecule has 1 rings (SSSR count). The van der Waals surface area contributed by atoms with Crippen LogP contribution < -0.4 is 0 Å². The molecule has 1 unspecified atom stereocenters. The van der Waals surface area contributed by atoms with E-state index in [2.05, 4.69) is 29.8 Å². The lowest BCUT2D eigenvalue weighted by Gasteiger charge is -2.20. The summed E-state index contributed by atoms with van der Waals surface area (Å²) in [7, 11) is -9.79. The number of hydrogen-bond acceptors (Lipinski definition) is 13. The molecule has 1 aliphatic rings. The zero-order valence-electron chi connectivity index (χ0n) is 37.7. The van der Waals surface area contributed by atoms with E-state index in [1.807, 2.05) is 0 Å². The van der Waals surface area contributed by atoms with Crippen LogP contribution in [-0.2, 0) is 41.8 Å². The number of allylic oxidation sites excluding steroid dienone is 1. The molecule has 0 spiro atoms. The van der Waals surface area contributed by atoms with E-state index in [-0.39, 0.29) is 31.1 Å². The molecule has 8 atom stereocenters. The minimum Gasteiger partial charge on any atom is -0.461 e. The first-order chi connectivity index (χ1) is 29.4. The van der Waals surface area contributed by atoms with E-state index in [4.69, 9.17) is 23.8 Å². The van der Waals surface area contributed by atoms with Crippen molar-refractivity contribution in [3.05, 3.63) is 24.3 Å². The van der Waals surface area contributed by atoms with Gasteiger partial charge in [0.2, 0.25) is 0 Å². The topological polar surface area (TPSA) is 256 Å². The summed E-state index contributed by atoms with van der Waals surface area (Å²) >= 11 is 0. The third-order valence-electron chi connectivity index (χ3n) is 10.9. The maximum absolute atomic E-state index is 12.7. The van der Waals surface area contributed by atoms with Gasteiger partial charge in [0.25, 0.3) is 0 Å². The summed E-state index contributed by atoms with van der Waals surface area (Å²) in [5.74, 6) is -1.23. The fourth-order valence-electron chi connectivity index (χ4n) is 7.27. The number of unbranched alkanes of at least 4 members (excludes halogenated alkanes) is 15. The van der Waals surface area contributed by atoms with Crippen molar-refractivity contribution in [2.45, 2.75) is 199 Å². The zero-order valence-corrected chi connectivity index (χ0v) is 39.5. The Balaban J connectivity index is 2.57. The molecule has 1 saturated carbocycles. The van der Waals surface area contributed by atoms with Crippen molar-refractivity contribution in [2.75, 3.05) is 26.4 Å². The van der Waals surface area contributed by atoms with E-state index in [1.54, 1.807) is 24.3 Å². The molecule has 0 aliphatic heterocycles. The Morgan fingerprint density at radius 2 is 1.23 bits per heavy atom. The van der Waals surface area contributed by atoms with Crippen LogP contribution in [0.2, 0.25) is 0 Å². The van der Waals surface area contributed by atoms with Crippen LogP contribution in [0, 0.1) is 17.8 Å². The Labute approximate surface area is 371 Å². The number of phosphoric acid groups is 2.